The molecule has 0 radical (unpaired) electrons. The van der Waals surface area contributed by atoms with E-state index in [4.69, 9.17) is 16.0 Å². The van der Waals surface area contributed by atoms with Crippen LogP contribution in [0, 0.1) is 0 Å². The van der Waals surface area contributed by atoms with E-state index in [0.29, 0.717) is 12.1 Å². The lowest BCUT2D eigenvalue weighted by molar-refractivity contribution is -0.136. The molecule has 0 bridgehead atoms. The predicted molar refractivity (Wildman–Crippen MR) is 103 cm³/mol. The molecular weight excluding hydrogens is 427 g/mol. The Morgan fingerprint density at radius 2 is 2.14 bits per heavy atom. The smallest absolute Gasteiger partial charge is 0.420 e. The number of hydrogen-bond acceptors (Lipinski definition) is 4. The van der Waals surface area contributed by atoms with E-state index in [1.54, 1.807) is 7.05 Å². The van der Waals surface area contributed by atoms with E-state index in [1.807, 2.05) is 17.5 Å². The van der Waals surface area contributed by atoms with Crippen LogP contribution in [0.3, 0.4) is 0 Å². The lowest BCUT2D eigenvalue weighted by atomic mass is 10.1. The molecule has 4 aromatic heterocycles. The summed E-state index contributed by atoms with van der Waals surface area (Å²) in [5.41, 5.74) is -0.963. The molecule has 4 heterocycles. The topological polar surface area (TPSA) is 50.8 Å². The van der Waals surface area contributed by atoms with E-state index < -0.39 is 23.3 Å². The molecule has 4 aromatic rings. The second kappa shape index (κ2) is 7.23. The van der Waals surface area contributed by atoms with Gasteiger partial charge < -0.3 is 9.32 Å². The van der Waals surface area contributed by atoms with Crippen molar-refractivity contribution >= 4 is 34.5 Å². The van der Waals surface area contributed by atoms with Crippen molar-refractivity contribution in [2.75, 3.05) is 7.05 Å². The Kier molecular flexibility index (Phi) is 4.87. The Hall–Kier alpha value is -2.78. The zero-order valence-electron chi connectivity index (χ0n) is 14.9. The number of pyridine rings is 1. The highest BCUT2D eigenvalue weighted by Gasteiger charge is 2.36. The molecule has 0 aromatic carbocycles. The van der Waals surface area contributed by atoms with Gasteiger partial charge >= 0.3 is 6.18 Å². The number of carbonyl (C=O) groups is 1. The van der Waals surface area contributed by atoms with Crippen LogP contribution in [0.5, 0.6) is 0 Å². The molecule has 29 heavy (non-hydrogen) atoms. The minimum absolute atomic E-state index is 0.182. The summed E-state index contributed by atoms with van der Waals surface area (Å²) in [5.74, 6) is -0.565. The molecule has 0 aliphatic carbocycles. The van der Waals surface area contributed by atoms with E-state index in [2.05, 4.69) is 4.98 Å². The summed E-state index contributed by atoms with van der Waals surface area (Å²) < 4.78 is 47.1. The van der Waals surface area contributed by atoms with Crippen molar-refractivity contribution in [2.24, 2.45) is 0 Å². The third kappa shape index (κ3) is 3.63. The predicted octanol–water partition coefficient (Wildman–Crippen LogP) is 5.60. The monoisotopic (exact) mass is 439 g/mol. The van der Waals surface area contributed by atoms with Gasteiger partial charge in [-0.15, -0.1) is 11.3 Å². The van der Waals surface area contributed by atoms with Gasteiger partial charge in [0, 0.05) is 29.2 Å². The van der Waals surface area contributed by atoms with Gasteiger partial charge in [-0.1, -0.05) is 17.7 Å². The van der Waals surface area contributed by atoms with Gasteiger partial charge in [0.15, 0.2) is 11.3 Å². The molecule has 0 unspecified atom stereocenters. The average Bonchev–Trinajstić information content (AvgIpc) is 3.41. The van der Waals surface area contributed by atoms with Crippen LogP contribution in [0.4, 0.5) is 13.2 Å². The van der Waals surface area contributed by atoms with Gasteiger partial charge in [-0.2, -0.15) is 13.2 Å². The molecule has 5 nitrogen and oxygen atoms in total. The van der Waals surface area contributed by atoms with E-state index in [-0.39, 0.29) is 16.4 Å². The highest BCUT2D eigenvalue weighted by atomic mass is 35.5. The van der Waals surface area contributed by atoms with Crippen molar-refractivity contribution < 1.29 is 22.4 Å². The molecule has 4 rings (SSSR count). The molecule has 0 aliphatic heterocycles. The van der Waals surface area contributed by atoms with Gasteiger partial charge in [-0.25, -0.2) is 4.98 Å². The summed E-state index contributed by atoms with van der Waals surface area (Å²) in [6.45, 7) is 0.299. The van der Waals surface area contributed by atoms with E-state index in [9.17, 15) is 18.0 Å². The van der Waals surface area contributed by atoms with Crippen LogP contribution in [0.15, 0.2) is 52.8 Å². The summed E-state index contributed by atoms with van der Waals surface area (Å²) in [7, 11) is 1.55. The van der Waals surface area contributed by atoms with Gasteiger partial charge in [0.1, 0.15) is 5.15 Å². The summed E-state index contributed by atoms with van der Waals surface area (Å²) in [5, 5.41) is 1.69. The van der Waals surface area contributed by atoms with Gasteiger partial charge in [-0.05, 0) is 23.6 Å². The third-order valence-electron chi connectivity index (χ3n) is 4.34. The van der Waals surface area contributed by atoms with Gasteiger partial charge in [0.2, 0.25) is 0 Å². The highest BCUT2D eigenvalue weighted by Crippen LogP contribution is 2.37. The van der Waals surface area contributed by atoms with Crippen molar-refractivity contribution in [3.05, 3.63) is 69.7 Å². The van der Waals surface area contributed by atoms with Crippen LogP contribution in [0.25, 0.3) is 16.8 Å². The number of furan rings is 1. The first-order valence-electron chi connectivity index (χ1n) is 8.35. The van der Waals surface area contributed by atoms with Gasteiger partial charge in [0.05, 0.1) is 24.6 Å². The molecule has 0 aliphatic rings. The summed E-state index contributed by atoms with van der Waals surface area (Å²) >= 11 is 7.77. The fraction of sp³-hybridized carbons (Fsp3) is 0.158. The van der Waals surface area contributed by atoms with Crippen LogP contribution < -0.4 is 0 Å². The summed E-state index contributed by atoms with van der Waals surface area (Å²) in [6, 6.07) is 6.21. The van der Waals surface area contributed by atoms with Crippen LogP contribution >= 0.6 is 22.9 Å². The Balaban J connectivity index is 1.82. The maximum Gasteiger partial charge on any atom is 0.420 e. The Bertz CT molecular complexity index is 1170. The van der Waals surface area contributed by atoms with E-state index >= 15 is 0 Å². The number of thiophene rings is 1. The van der Waals surface area contributed by atoms with Crippen LogP contribution in [-0.2, 0) is 12.7 Å². The lowest BCUT2D eigenvalue weighted by Crippen LogP contribution is -2.26. The number of fused-ring (bicyclic) bond motifs is 1. The molecular formula is C19H13ClF3N3O2S. The average molecular weight is 440 g/mol. The molecule has 10 heteroatoms. The van der Waals surface area contributed by atoms with Crippen molar-refractivity contribution in [3.63, 3.8) is 0 Å². The van der Waals surface area contributed by atoms with Gasteiger partial charge in [-0.3, -0.25) is 9.20 Å². The number of amides is 1. The Morgan fingerprint density at radius 3 is 2.76 bits per heavy atom. The number of aromatic nitrogens is 2. The number of halogens is 4. The molecule has 0 N–H and O–H groups in total. The first-order valence-corrected chi connectivity index (χ1v) is 9.60. The van der Waals surface area contributed by atoms with E-state index in [0.717, 1.165) is 15.3 Å². The Morgan fingerprint density at radius 1 is 1.34 bits per heavy atom. The number of rotatable bonds is 4. The maximum atomic E-state index is 13.7. The molecule has 150 valence electrons. The van der Waals surface area contributed by atoms with Crippen LogP contribution in [-0.4, -0.2) is 27.2 Å². The fourth-order valence-corrected chi connectivity index (χ4v) is 3.95. The van der Waals surface area contributed by atoms with Crippen molar-refractivity contribution in [1.29, 1.82) is 0 Å². The zero-order valence-corrected chi connectivity index (χ0v) is 16.5. The first kappa shape index (κ1) is 19.5. The molecule has 0 saturated heterocycles. The van der Waals surface area contributed by atoms with Gasteiger partial charge in [0.25, 0.3) is 5.91 Å². The number of hydrogen-bond donors (Lipinski definition) is 0. The minimum Gasteiger partial charge on any atom is -0.472 e. The second-order valence-corrected chi connectivity index (χ2v) is 7.73. The molecule has 0 fully saturated rings. The molecule has 0 saturated carbocycles. The third-order valence-corrected chi connectivity index (χ3v) is 5.57. The normalized spacial score (nSPS) is 11.9. The quantitative estimate of drug-likeness (QED) is 0.416. The number of alkyl halides is 3. The minimum atomic E-state index is -4.68. The first-order chi connectivity index (χ1) is 13.8. The van der Waals surface area contributed by atoms with Crippen molar-refractivity contribution in [1.82, 2.24) is 14.3 Å². The van der Waals surface area contributed by atoms with Crippen molar-refractivity contribution in [3.8, 4) is 11.1 Å². The highest BCUT2D eigenvalue weighted by molar-refractivity contribution is 7.09. The van der Waals surface area contributed by atoms with Crippen LogP contribution in [0.2, 0.25) is 5.15 Å². The number of imidazole rings is 1. The largest absolute Gasteiger partial charge is 0.472 e. The van der Waals surface area contributed by atoms with Crippen LogP contribution in [0.1, 0.15) is 20.9 Å². The maximum absolute atomic E-state index is 13.7. The van der Waals surface area contributed by atoms with E-state index in [1.165, 1.54) is 41.0 Å². The SMILES string of the molecule is CN(Cc1cccs1)C(=O)c1nc2c(C(F)(F)F)cc(-c3ccoc3)cn2c1Cl. The lowest BCUT2D eigenvalue weighted by Gasteiger charge is -2.14. The fourth-order valence-electron chi connectivity index (χ4n) is 2.94. The summed E-state index contributed by atoms with van der Waals surface area (Å²) in [6.07, 6.45) is -0.594. The zero-order chi connectivity index (χ0) is 20.8. The number of nitrogens with zero attached hydrogens (tertiary/aromatic N) is 3. The summed E-state index contributed by atoms with van der Waals surface area (Å²) in [4.78, 5) is 19.1. The molecule has 0 atom stereocenters. The molecule has 0 spiro atoms. The molecule has 1 amide bonds. The Labute approximate surface area is 171 Å². The number of carbonyl (C=O) groups excluding carboxylic acids is 1. The standard InChI is InChI=1S/C19H13ClF3N3O2S/c1-25(9-13-3-2-6-29-13)18(27)15-16(20)26-8-12(11-4-5-28-10-11)7-14(17(26)24-15)19(21,22)23/h2-8,10H,9H2,1H3. The van der Waals surface area contributed by atoms with Crippen molar-refractivity contribution in [2.45, 2.75) is 12.7 Å². The second-order valence-electron chi connectivity index (χ2n) is 6.34.